The molecule has 0 aromatic carbocycles. The fraction of sp³-hybridized carbons (Fsp3) is 0.545. The van der Waals surface area contributed by atoms with Crippen LogP contribution in [0.1, 0.15) is 23.4 Å². The zero-order valence-electron chi connectivity index (χ0n) is 8.80. The van der Waals surface area contributed by atoms with Gasteiger partial charge in [-0.1, -0.05) is 0 Å². The van der Waals surface area contributed by atoms with Gasteiger partial charge in [-0.25, -0.2) is 0 Å². The lowest BCUT2D eigenvalue weighted by molar-refractivity contribution is 0.0895. The number of carbonyl (C=O) groups excluding carboxylic acids is 1. The van der Waals surface area contributed by atoms with E-state index in [-0.39, 0.29) is 30.2 Å². The van der Waals surface area contributed by atoms with Crippen molar-refractivity contribution in [3.63, 3.8) is 0 Å². The fourth-order valence-electron chi connectivity index (χ4n) is 2.08. The molecule has 1 aromatic rings. The Balaban J connectivity index is 1.90. The molecule has 3 atom stereocenters. The van der Waals surface area contributed by atoms with E-state index in [0.717, 1.165) is 0 Å². The summed E-state index contributed by atoms with van der Waals surface area (Å²) >= 11 is 0. The molecule has 0 radical (unpaired) electrons. The Kier molecular flexibility index (Phi) is 3.26. The minimum Gasteiger partial charge on any atom is -0.459 e. The number of aliphatic hydroxyl groups excluding tert-OH is 2. The fourth-order valence-corrected chi connectivity index (χ4v) is 2.08. The highest BCUT2D eigenvalue weighted by molar-refractivity contribution is 5.91. The molecule has 0 bridgehead atoms. The number of aliphatic hydroxyl groups is 2. The predicted octanol–water partition coefficient (Wildman–Crippen LogP) is 0.141. The first-order valence-electron chi connectivity index (χ1n) is 5.34. The van der Waals surface area contributed by atoms with E-state index in [4.69, 9.17) is 9.52 Å². The predicted molar refractivity (Wildman–Crippen MR) is 55.8 cm³/mol. The van der Waals surface area contributed by atoms with Crippen molar-refractivity contribution in [2.45, 2.75) is 25.0 Å². The van der Waals surface area contributed by atoms with Crippen LogP contribution in [0.4, 0.5) is 0 Å². The van der Waals surface area contributed by atoms with Crippen molar-refractivity contribution in [2.75, 3.05) is 6.61 Å². The normalized spacial score (nSPS) is 29.2. The molecule has 0 spiro atoms. The van der Waals surface area contributed by atoms with Gasteiger partial charge in [0.1, 0.15) is 0 Å². The number of rotatable bonds is 3. The quantitative estimate of drug-likeness (QED) is 0.683. The second-order valence-electron chi connectivity index (χ2n) is 4.13. The topological polar surface area (TPSA) is 82.7 Å². The molecule has 0 saturated heterocycles. The van der Waals surface area contributed by atoms with Gasteiger partial charge < -0.3 is 19.9 Å². The van der Waals surface area contributed by atoms with E-state index in [9.17, 15) is 9.90 Å². The van der Waals surface area contributed by atoms with Gasteiger partial charge >= 0.3 is 0 Å². The second kappa shape index (κ2) is 4.67. The Morgan fingerprint density at radius 1 is 1.56 bits per heavy atom. The minimum atomic E-state index is -0.535. The van der Waals surface area contributed by atoms with Gasteiger partial charge in [0.05, 0.1) is 12.4 Å². The van der Waals surface area contributed by atoms with Gasteiger partial charge in [0.25, 0.3) is 5.91 Å². The van der Waals surface area contributed by atoms with E-state index in [0.29, 0.717) is 12.8 Å². The van der Waals surface area contributed by atoms with Gasteiger partial charge in [0.15, 0.2) is 5.76 Å². The van der Waals surface area contributed by atoms with Crippen LogP contribution >= 0.6 is 0 Å². The first-order chi connectivity index (χ1) is 7.70. The molecule has 1 saturated carbocycles. The lowest BCUT2D eigenvalue weighted by Gasteiger charge is -2.10. The molecule has 1 heterocycles. The maximum Gasteiger partial charge on any atom is 0.287 e. The highest BCUT2D eigenvalue weighted by Crippen LogP contribution is 2.25. The van der Waals surface area contributed by atoms with Crippen LogP contribution in [-0.2, 0) is 0 Å². The zero-order chi connectivity index (χ0) is 11.5. The average molecular weight is 225 g/mol. The molecule has 3 N–H and O–H groups in total. The Bertz CT molecular complexity index is 349. The summed E-state index contributed by atoms with van der Waals surface area (Å²) < 4.78 is 4.96. The summed E-state index contributed by atoms with van der Waals surface area (Å²) in [6, 6.07) is 3.14. The maximum atomic E-state index is 11.6. The summed E-state index contributed by atoms with van der Waals surface area (Å²) in [5.41, 5.74) is 0. The van der Waals surface area contributed by atoms with Crippen LogP contribution in [0.2, 0.25) is 0 Å². The molecule has 0 aliphatic heterocycles. The maximum absolute atomic E-state index is 11.6. The van der Waals surface area contributed by atoms with Gasteiger partial charge in [-0.2, -0.15) is 0 Å². The molecule has 5 heteroatoms. The first-order valence-corrected chi connectivity index (χ1v) is 5.34. The van der Waals surface area contributed by atoms with Crippen LogP contribution < -0.4 is 5.32 Å². The second-order valence-corrected chi connectivity index (χ2v) is 4.13. The van der Waals surface area contributed by atoms with Crippen LogP contribution in [0.25, 0.3) is 0 Å². The molecule has 1 fully saturated rings. The van der Waals surface area contributed by atoms with Crippen LogP contribution in [0.15, 0.2) is 22.8 Å². The smallest absolute Gasteiger partial charge is 0.287 e. The van der Waals surface area contributed by atoms with Crippen LogP contribution in [-0.4, -0.2) is 34.9 Å². The third kappa shape index (κ3) is 2.25. The molecule has 16 heavy (non-hydrogen) atoms. The molecule has 5 nitrogen and oxygen atoms in total. The van der Waals surface area contributed by atoms with Crippen LogP contribution in [0.5, 0.6) is 0 Å². The van der Waals surface area contributed by atoms with E-state index >= 15 is 0 Å². The number of amides is 1. The average Bonchev–Trinajstić information content (AvgIpc) is 2.87. The molecule has 1 aliphatic carbocycles. The summed E-state index contributed by atoms with van der Waals surface area (Å²) in [6.07, 6.45) is 1.99. The lowest BCUT2D eigenvalue weighted by atomic mass is 10.1. The number of hydrogen-bond acceptors (Lipinski definition) is 4. The van der Waals surface area contributed by atoms with Gasteiger partial charge in [-0.15, -0.1) is 0 Å². The molecule has 1 amide bonds. The monoisotopic (exact) mass is 225 g/mol. The number of nitrogens with one attached hydrogen (secondary N) is 1. The summed E-state index contributed by atoms with van der Waals surface area (Å²) in [5.74, 6) is -0.148. The molecule has 88 valence electrons. The zero-order valence-corrected chi connectivity index (χ0v) is 8.80. The minimum absolute atomic E-state index is 0.0473. The highest BCUT2D eigenvalue weighted by Gasteiger charge is 2.33. The van der Waals surface area contributed by atoms with Crippen molar-refractivity contribution >= 4 is 5.91 Å². The number of hydrogen-bond donors (Lipinski definition) is 3. The van der Waals surface area contributed by atoms with Gasteiger partial charge in [-0.05, 0) is 25.0 Å². The van der Waals surface area contributed by atoms with Crippen LogP contribution in [0, 0.1) is 5.92 Å². The van der Waals surface area contributed by atoms with Crippen molar-refractivity contribution in [2.24, 2.45) is 5.92 Å². The summed E-state index contributed by atoms with van der Waals surface area (Å²) in [6.45, 7) is -0.0473. The molecule has 0 unspecified atom stereocenters. The molecule has 1 aromatic heterocycles. The SMILES string of the molecule is O=C(N[C@H]1C[C@@H](CO)[C@H](O)C1)c1ccco1. The van der Waals surface area contributed by atoms with Crippen molar-refractivity contribution < 1.29 is 19.4 Å². The van der Waals surface area contributed by atoms with Crippen molar-refractivity contribution in [1.29, 1.82) is 0 Å². The molecular formula is C11H15NO4. The van der Waals surface area contributed by atoms with E-state index < -0.39 is 6.10 Å². The van der Waals surface area contributed by atoms with Gasteiger partial charge in [-0.3, -0.25) is 4.79 Å². The summed E-state index contributed by atoms with van der Waals surface area (Å²) in [5, 5.41) is 21.3. The van der Waals surface area contributed by atoms with E-state index in [2.05, 4.69) is 5.32 Å². The third-order valence-corrected chi connectivity index (χ3v) is 2.97. The largest absolute Gasteiger partial charge is 0.459 e. The Morgan fingerprint density at radius 2 is 2.38 bits per heavy atom. The number of carbonyl (C=O) groups is 1. The van der Waals surface area contributed by atoms with Gasteiger partial charge in [0.2, 0.25) is 0 Å². The summed E-state index contributed by atoms with van der Waals surface area (Å²) in [7, 11) is 0. The van der Waals surface area contributed by atoms with Crippen LogP contribution in [0.3, 0.4) is 0 Å². The lowest BCUT2D eigenvalue weighted by Crippen LogP contribution is -2.33. The van der Waals surface area contributed by atoms with E-state index in [1.165, 1.54) is 6.26 Å². The molecule has 2 rings (SSSR count). The van der Waals surface area contributed by atoms with Gasteiger partial charge in [0, 0.05) is 18.6 Å². The first kappa shape index (κ1) is 11.2. The standard InChI is InChI=1S/C11H15NO4/c13-6-7-4-8(5-9(7)14)12-11(15)10-2-1-3-16-10/h1-3,7-9,13-14H,4-6H2,(H,12,15)/t7-,8-,9+/m0/s1. The Hall–Kier alpha value is -1.33. The third-order valence-electron chi connectivity index (χ3n) is 2.97. The van der Waals surface area contributed by atoms with Crippen molar-refractivity contribution in [3.8, 4) is 0 Å². The Morgan fingerprint density at radius 3 is 2.94 bits per heavy atom. The van der Waals surface area contributed by atoms with Crippen molar-refractivity contribution in [3.05, 3.63) is 24.2 Å². The molecular weight excluding hydrogens is 210 g/mol. The van der Waals surface area contributed by atoms with Crippen molar-refractivity contribution in [1.82, 2.24) is 5.32 Å². The molecule has 1 aliphatic rings. The number of furan rings is 1. The summed E-state index contributed by atoms with van der Waals surface area (Å²) in [4.78, 5) is 11.6. The van der Waals surface area contributed by atoms with E-state index in [1.54, 1.807) is 12.1 Å². The van der Waals surface area contributed by atoms with E-state index in [1.807, 2.05) is 0 Å². The Labute approximate surface area is 93.1 Å². The highest BCUT2D eigenvalue weighted by atomic mass is 16.3.